The van der Waals surface area contributed by atoms with E-state index in [0.717, 1.165) is 23.8 Å². The number of hydrogen-bond donors (Lipinski definition) is 1. The molecule has 15 heavy (non-hydrogen) atoms. The van der Waals surface area contributed by atoms with Crippen molar-refractivity contribution in [2.24, 2.45) is 17.8 Å². The Morgan fingerprint density at radius 3 is 2.27 bits per heavy atom. The molecule has 1 aliphatic rings. The van der Waals surface area contributed by atoms with E-state index in [9.17, 15) is 0 Å². The molecule has 0 radical (unpaired) electrons. The molecule has 0 aromatic heterocycles. The Morgan fingerprint density at radius 1 is 1.13 bits per heavy atom. The van der Waals surface area contributed by atoms with E-state index in [2.05, 4.69) is 33.0 Å². The van der Waals surface area contributed by atoms with Crippen LogP contribution in [0.15, 0.2) is 0 Å². The van der Waals surface area contributed by atoms with Gasteiger partial charge in [-0.1, -0.05) is 34.1 Å². The summed E-state index contributed by atoms with van der Waals surface area (Å²) in [5, 5.41) is 3.78. The van der Waals surface area contributed by atoms with Crippen LogP contribution in [0.3, 0.4) is 0 Å². The first-order chi connectivity index (χ1) is 7.11. The summed E-state index contributed by atoms with van der Waals surface area (Å²) in [6.45, 7) is 10.7. The molecule has 1 rings (SSSR count). The van der Waals surface area contributed by atoms with Gasteiger partial charge in [-0.15, -0.1) is 0 Å². The molecule has 0 bridgehead atoms. The highest BCUT2D eigenvalue weighted by molar-refractivity contribution is 4.83. The quantitative estimate of drug-likeness (QED) is 0.681. The minimum Gasteiger partial charge on any atom is -0.313 e. The minimum atomic E-state index is 0.783. The van der Waals surface area contributed by atoms with Crippen LogP contribution in [0.5, 0.6) is 0 Å². The maximum atomic E-state index is 3.78. The summed E-state index contributed by atoms with van der Waals surface area (Å²) in [4.78, 5) is 0. The molecular weight excluding hydrogens is 182 g/mol. The monoisotopic (exact) mass is 211 g/mol. The second kappa shape index (κ2) is 6.52. The van der Waals surface area contributed by atoms with Crippen molar-refractivity contribution in [3.8, 4) is 0 Å². The molecule has 1 heteroatoms. The van der Waals surface area contributed by atoms with Crippen molar-refractivity contribution >= 4 is 0 Å². The first kappa shape index (κ1) is 13.0. The molecule has 1 aliphatic carbocycles. The molecule has 1 saturated carbocycles. The van der Waals surface area contributed by atoms with Crippen molar-refractivity contribution in [1.82, 2.24) is 5.32 Å². The largest absolute Gasteiger partial charge is 0.313 e. The average molecular weight is 211 g/mol. The lowest BCUT2D eigenvalue weighted by Crippen LogP contribution is -2.43. The van der Waals surface area contributed by atoms with Gasteiger partial charge < -0.3 is 5.32 Å². The molecule has 1 nitrogen and oxygen atoms in total. The molecule has 1 fully saturated rings. The zero-order valence-corrected chi connectivity index (χ0v) is 11.1. The first-order valence-electron chi connectivity index (χ1n) is 6.84. The van der Waals surface area contributed by atoms with E-state index in [4.69, 9.17) is 0 Å². The molecule has 0 amide bonds. The fraction of sp³-hybridized carbons (Fsp3) is 1.00. The van der Waals surface area contributed by atoms with Gasteiger partial charge in [0.05, 0.1) is 0 Å². The third kappa shape index (κ3) is 4.55. The van der Waals surface area contributed by atoms with Gasteiger partial charge in [0.2, 0.25) is 0 Å². The lowest BCUT2D eigenvalue weighted by Gasteiger charge is -2.35. The standard InChI is InChI=1S/C14H29N/c1-11(2)7-6-10-15-14-12(3)8-5-9-13(14)4/h11-15H,5-10H2,1-4H3. The third-order valence-corrected chi connectivity index (χ3v) is 3.88. The highest BCUT2D eigenvalue weighted by Crippen LogP contribution is 2.28. The van der Waals surface area contributed by atoms with Gasteiger partial charge in [0.25, 0.3) is 0 Å². The second-order valence-electron chi connectivity index (χ2n) is 5.90. The average Bonchev–Trinajstić information content (AvgIpc) is 2.15. The summed E-state index contributed by atoms with van der Waals surface area (Å²) >= 11 is 0. The molecule has 0 aromatic carbocycles. The molecule has 1 N–H and O–H groups in total. The van der Waals surface area contributed by atoms with Crippen molar-refractivity contribution < 1.29 is 0 Å². The van der Waals surface area contributed by atoms with E-state index < -0.39 is 0 Å². The Bertz CT molecular complexity index is 155. The second-order valence-corrected chi connectivity index (χ2v) is 5.90. The molecule has 2 atom stereocenters. The van der Waals surface area contributed by atoms with Crippen LogP contribution in [0.2, 0.25) is 0 Å². The van der Waals surface area contributed by atoms with E-state index in [1.807, 2.05) is 0 Å². The van der Waals surface area contributed by atoms with E-state index in [1.165, 1.54) is 38.6 Å². The Hall–Kier alpha value is -0.0400. The van der Waals surface area contributed by atoms with Gasteiger partial charge in [-0.25, -0.2) is 0 Å². The Labute approximate surface area is 96.0 Å². The highest BCUT2D eigenvalue weighted by atomic mass is 14.9. The molecule has 0 aromatic rings. The van der Waals surface area contributed by atoms with E-state index >= 15 is 0 Å². The van der Waals surface area contributed by atoms with Crippen LogP contribution in [0, 0.1) is 17.8 Å². The van der Waals surface area contributed by atoms with Gasteiger partial charge in [-0.2, -0.15) is 0 Å². The zero-order valence-electron chi connectivity index (χ0n) is 11.1. The van der Waals surface area contributed by atoms with Crippen LogP contribution in [0.1, 0.15) is 59.8 Å². The van der Waals surface area contributed by atoms with Crippen LogP contribution >= 0.6 is 0 Å². The lowest BCUT2D eigenvalue weighted by atomic mass is 9.78. The van der Waals surface area contributed by atoms with Crippen LogP contribution in [-0.4, -0.2) is 12.6 Å². The molecule has 2 unspecified atom stereocenters. The summed E-state index contributed by atoms with van der Waals surface area (Å²) in [7, 11) is 0. The Kier molecular flexibility index (Phi) is 5.66. The molecular formula is C14H29N. The van der Waals surface area contributed by atoms with Crippen molar-refractivity contribution in [2.45, 2.75) is 65.8 Å². The minimum absolute atomic E-state index is 0.783. The van der Waals surface area contributed by atoms with E-state index in [0.29, 0.717) is 0 Å². The van der Waals surface area contributed by atoms with Crippen molar-refractivity contribution in [3.05, 3.63) is 0 Å². The van der Waals surface area contributed by atoms with E-state index in [-0.39, 0.29) is 0 Å². The maximum Gasteiger partial charge on any atom is 0.0118 e. The summed E-state index contributed by atoms with van der Waals surface area (Å²) in [6.07, 6.45) is 6.99. The van der Waals surface area contributed by atoms with Gasteiger partial charge in [0.15, 0.2) is 0 Å². The number of rotatable bonds is 5. The van der Waals surface area contributed by atoms with Crippen LogP contribution < -0.4 is 5.32 Å². The fourth-order valence-electron chi connectivity index (χ4n) is 2.86. The van der Waals surface area contributed by atoms with Crippen molar-refractivity contribution in [2.75, 3.05) is 6.54 Å². The lowest BCUT2D eigenvalue weighted by molar-refractivity contribution is 0.208. The topological polar surface area (TPSA) is 12.0 Å². The molecule has 0 heterocycles. The van der Waals surface area contributed by atoms with E-state index in [1.54, 1.807) is 0 Å². The highest BCUT2D eigenvalue weighted by Gasteiger charge is 2.26. The Morgan fingerprint density at radius 2 is 1.73 bits per heavy atom. The zero-order chi connectivity index (χ0) is 11.3. The molecule has 90 valence electrons. The predicted octanol–water partition coefficient (Wildman–Crippen LogP) is 3.84. The first-order valence-corrected chi connectivity index (χ1v) is 6.84. The summed E-state index contributed by atoms with van der Waals surface area (Å²) < 4.78 is 0. The number of nitrogens with one attached hydrogen (secondary N) is 1. The molecule has 0 saturated heterocycles. The fourth-order valence-corrected chi connectivity index (χ4v) is 2.86. The molecule has 0 aliphatic heterocycles. The summed E-state index contributed by atoms with van der Waals surface area (Å²) in [6, 6.07) is 0.783. The summed E-state index contributed by atoms with van der Waals surface area (Å²) in [5.74, 6) is 2.62. The van der Waals surface area contributed by atoms with Crippen LogP contribution in [-0.2, 0) is 0 Å². The molecule has 0 spiro atoms. The third-order valence-electron chi connectivity index (χ3n) is 3.88. The SMILES string of the molecule is CC(C)CCCNC1C(C)CCCC1C. The van der Waals surface area contributed by atoms with Crippen LogP contribution in [0.4, 0.5) is 0 Å². The van der Waals surface area contributed by atoms with Crippen LogP contribution in [0.25, 0.3) is 0 Å². The van der Waals surface area contributed by atoms with Crippen molar-refractivity contribution in [1.29, 1.82) is 0 Å². The van der Waals surface area contributed by atoms with Gasteiger partial charge in [0, 0.05) is 6.04 Å². The van der Waals surface area contributed by atoms with Crippen molar-refractivity contribution in [3.63, 3.8) is 0 Å². The Balaban J connectivity index is 2.17. The predicted molar refractivity (Wildman–Crippen MR) is 68.0 cm³/mol. The van der Waals surface area contributed by atoms with Gasteiger partial charge in [-0.05, 0) is 50.0 Å². The van der Waals surface area contributed by atoms with Gasteiger partial charge in [0.1, 0.15) is 0 Å². The van der Waals surface area contributed by atoms with Gasteiger partial charge in [-0.3, -0.25) is 0 Å². The maximum absolute atomic E-state index is 3.78. The summed E-state index contributed by atoms with van der Waals surface area (Å²) in [5.41, 5.74) is 0. The number of hydrogen-bond acceptors (Lipinski definition) is 1. The van der Waals surface area contributed by atoms with Gasteiger partial charge >= 0.3 is 0 Å². The normalized spacial score (nSPS) is 32.2. The smallest absolute Gasteiger partial charge is 0.0118 e.